The van der Waals surface area contributed by atoms with Crippen molar-refractivity contribution in [3.05, 3.63) is 29.7 Å². The number of aliphatic hydroxyl groups is 1. The topological polar surface area (TPSA) is 77.5 Å². The molecule has 0 radical (unpaired) electrons. The maximum absolute atomic E-state index is 12.3. The van der Waals surface area contributed by atoms with Crippen LogP contribution in [0.25, 0.3) is 6.08 Å². The van der Waals surface area contributed by atoms with Crippen LogP contribution < -0.4 is 0 Å². The first kappa shape index (κ1) is 15.3. The molecule has 1 aromatic rings. The molecule has 1 N–H and O–H groups in total. The van der Waals surface area contributed by atoms with Gasteiger partial charge in [0.05, 0.1) is 12.4 Å². The lowest BCUT2D eigenvalue weighted by atomic mass is 9.86. The van der Waals surface area contributed by atoms with Crippen LogP contribution >= 0.6 is 0 Å². The summed E-state index contributed by atoms with van der Waals surface area (Å²) >= 11 is 0. The van der Waals surface area contributed by atoms with Gasteiger partial charge in [0.25, 0.3) is 5.91 Å². The van der Waals surface area contributed by atoms with Crippen molar-refractivity contribution in [1.82, 2.24) is 4.90 Å². The van der Waals surface area contributed by atoms with E-state index in [1.165, 1.54) is 17.2 Å². The first-order valence-electron chi connectivity index (χ1n) is 7.20. The van der Waals surface area contributed by atoms with Gasteiger partial charge >= 0.3 is 0 Å². The van der Waals surface area contributed by atoms with Crippen LogP contribution in [0.15, 0.2) is 28.4 Å². The van der Waals surface area contributed by atoms with Crippen LogP contribution in [0.2, 0.25) is 0 Å². The van der Waals surface area contributed by atoms with Crippen molar-refractivity contribution in [3.8, 4) is 6.07 Å². The second kappa shape index (κ2) is 7.09. The molecular weight excluding hydrogens is 268 g/mol. The van der Waals surface area contributed by atoms with Crippen LogP contribution in [-0.4, -0.2) is 35.6 Å². The Labute approximate surface area is 124 Å². The molecule has 1 aliphatic rings. The van der Waals surface area contributed by atoms with Crippen LogP contribution in [0.5, 0.6) is 0 Å². The van der Waals surface area contributed by atoms with Crippen molar-refractivity contribution < 1.29 is 14.3 Å². The fraction of sp³-hybridized carbons (Fsp3) is 0.500. The highest BCUT2D eigenvalue weighted by Gasteiger charge is 2.26. The minimum atomic E-state index is -0.353. The van der Waals surface area contributed by atoms with Gasteiger partial charge in [-0.1, -0.05) is 12.8 Å². The largest absolute Gasteiger partial charge is 0.465 e. The standard InChI is InChI=1S/C16H20N2O3/c1-18(11-12-5-2-3-7-15(12)19)16(20)13(10-17)9-14-6-4-8-21-14/h4,6,8-9,12,15,19H,2-3,5,7,11H2,1H3/b13-9+. The highest BCUT2D eigenvalue weighted by Crippen LogP contribution is 2.25. The lowest BCUT2D eigenvalue weighted by molar-refractivity contribution is -0.126. The number of amides is 1. The summed E-state index contributed by atoms with van der Waals surface area (Å²) in [5, 5.41) is 19.1. The van der Waals surface area contributed by atoms with Crippen molar-refractivity contribution in [2.45, 2.75) is 31.8 Å². The number of likely N-dealkylation sites (N-methyl/N-ethyl adjacent to an activating group) is 1. The maximum Gasteiger partial charge on any atom is 0.264 e. The zero-order valence-corrected chi connectivity index (χ0v) is 12.2. The second-order valence-electron chi connectivity index (χ2n) is 5.48. The van der Waals surface area contributed by atoms with E-state index in [4.69, 9.17) is 9.68 Å². The molecule has 2 rings (SSSR count). The molecular formula is C16H20N2O3. The molecule has 0 aliphatic heterocycles. The Morgan fingerprint density at radius 1 is 1.57 bits per heavy atom. The molecule has 21 heavy (non-hydrogen) atoms. The van der Waals surface area contributed by atoms with Gasteiger partial charge in [0.1, 0.15) is 17.4 Å². The minimum Gasteiger partial charge on any atom is -0.465 e. The summed E-state index contributed by atoms with van der Waals surface area (Å²) in [4.78, 5) is 13.8. The normalized spacial score (nSPS) is 22.6. The van der Waals surface area contributed by atoms with E-state index in [9.17, 15) is 9.90 Å². The number of nitriles is 1. The first-order chi connectivity index (χ1) is 10.1. The number of aliphatic hydroxyl groups excluding tert-OH is 1. The number of furan rings is 1. The Hall–Kier alpha value is -2.06. The number of hydrogen-bond acceptors (Lipinski definition) is 4. The summed E-state index contributed by atoms with van der Waals surface area (Å²) in [5.41, 5.74) is 0.0396. The Morgan fingerprint density at radius 2 is 2.33 bits per heavy atom. The smallest absolute Gasteiger partial charge is 0.264 e. The number of carbonyl (C=O) groups excluding carboxylic acids is 1. The van der Waals surface area contributed by atoms with Crippen LogP contribution in [0.1, 0.15) is 31.4 Å². The molecule has 0 aromatic carbocycles. The van der Waals surface area contributed by atoms with Crippen LogP contribution in [-0.2, 0) is 4.79 Å². The molecule has 1 aromatic heterocycles. The van der Waals surface area contributed by atoms with Crippen LogP contribution in [0.4, 0.5) is 0 Å². The van der Waals surface area contributed by atoms with E-state index in [-0.39, 0.29) is 23.5 Å². The highest BCUT2D eigenvalue weighted by molar-refractivity contribution is 6.01. The van der Waals surface area contributed by atoms with Crippen molar-refractivity contribution >= 4 is 12.0 Å². The fourth-order valence-electron chi connectivity index (χ4n) is 2.70. The van der Waals surface area contributed by atoms with Gasteiger partial charge in [0.2, 0.25) is 0 Å². The molecule has 112 valence electrons. The minimum absolute atomic E-state index is 0.0396. The fourth-order valence-corrected chi connectivity index (χ4v) is 2.70. The van der Waals surface area contributed by atoms with Crippen molar-refractivity contribution in [3.63, 3.8) is 0 Å². The van der Waals surface area contributed by atoms with Gasteiger partial charge in [-0.3, -0.25) is 4.79 Å². The molecule has 0 saturated heterocycles. The van der Waals surface area contributed by atoms with Gasteiger partial charge in [-0.25, -0.2) is 0 Å². The lowest BCUT2D eigenvalue weighted by Gasteiger charge is -2.31. The molecule has 1 fully saturated rings. The van der Waals surface area contributed by atoms with E-state index in [0.717, 1.165) is 25.7 Å². The second-order valence-corrected chi connectivity index (χ2v) is 5.48. The molecule has 0 bridgehead atoms. The molecule has 0 spiro atoms. The lowest BCUT2D eigenvalue weighted by Crippen LogP contribution is -2.38. The highest BCUT2D eigenvalue weighted by atomic mass is 16.3. The van der Waals surface area contributed by atoms with E-state index in [1.807, 2.05) is 6.07 Å². The number of hydrogen-bond donors (Lipinski definition) is 1. The van der Waals surface area contributed by atoms with Gasteiger partial charge in [0, 0.05) is 25.6 Å². The summed E-state index contributed by atoms with van der Waals surface area (Å²) < 4.78 is 5.12. The van der Waals surface area contributed by atoms with E-state index in [0.29, 0.717) is 12.3 Å². The van der Waals surface area contributed by atoms with E-state index >= 15 is 0 Å². The van der Waals surface area contributed by atoms with Gasteiger partial charge in [0.15, 0.2) is 0 Å². The quantitative estimate of drug-likeness (QED) is 0.680. The third kappa shape index (κ3) is 3.96. The molecule has 5 nitrogen and oxygen atoms in total. The predicted molar refractivity (Wildman–Crippen MR) is 77.9 cm³/mol. The molecule has 1 saturated carbocycles. The number of rotatable bonds is 4. The van der Waals surface area contributed by atoms with Crippen LogP contribution in [0, 0.1) is 17.2 Å². The Morgan fingerprint density at radius 3 is 2.95 bits per heavy atom. The third-order valence-corrected chi connectivity index (χ3v) is 3.90. The van der Waals surface area contributed by atoms with Gasteiger partial charge in [-0.05, 0) is 25.0 Å². The Bertz CT molecular complexity index is 542. The molecule has 1 amide bonds. The third-order valence-electron chi connectivity index (χ3n) is 3.90. The van der Waals surface area contributed by atoms with E-state index < -0.39 is 0 Å². The summed E-state index contributed by atoms with van der Waals surface area (Å²) in [5.74, 6) is 0.230. The first-order valence-corrected chi connectivity index (χ1v) is 7.20. The summed E-state index contributed by atoms with van der Waals surface area (Å²) in [6, 6.07) is 5.31. The SMILES string of the molecule is CN(CC1CCCCC1O)C(=O)/C(C#N)=C/c1ccco1. The summed E-state index contributed by atoms with van der Waals surface area (Å²) in [6.45, 7) is 0.469. The monoisotopic (exact) mass is 288 g/mol. The van der Waals surface area contributed by atoms with E-state index in [1.54, 1.807) is 19.2 Å². The summed E-state index contributed by atoms with van der Waals surface area (Å²) in [6.07, 6.45) is 6.41. The Balaban J connectivity index is 2.02. The predicted octanol–water partition coefficient (Wildman–Crippen LogP) is 2.20. The van der Waals surface area contributed by atoms with Crippen molar-refractivity contribution in [1.29, 1.82) is 5.26 Å². The molecule has 5 heteroatoms. The van der Waals surface area contributed by atoms with Crippen molar-refractivity contribution in [2.24, 2.45) is 5.92 Å². The van der Waals surface area contributed by atoms with Gasteiger partial charge < -0.3 is 14.4 Å². The average Bonchev–Trinajstić information content (AvgIpc) is 2.99. The summed E-state index contributed by atoms with van der Waals surface area (Å²) in [7, 11) is 1.66. The van der Waals surface area contributed by atoms with Gasteiger partial charge in [-0.2, -0.15) is 5.26 Å². The zero-order chi connectivity index (χ0) is 15.2. The molecule has 1 heterocycles. The zero-order valence-electron chi connectivity index (χ0n) is 12.2. The molecule has 2 atom stereocenters. The van der Waals surface area contributed by atoms with E-state index in [2.05, 4.69) is 0 Å². The van der Waals surface area contributed by atoms with Crippen molar-refractivity contribution in [2.75, 3.05) is 13.6 Å². The average molecular weight is 288 g/mol. The van der Waals surface area contributed by atoms with Crippen LogP contribution in [0.3, 0.4) is 0 Å². The Kier molecular flexibility index (Phi) is 5.18. The number of carbonyl (C=O) groups is 1. The van der Waals surface area contributed by atoms with Gasteiger partial charge in [-0.15, -0.1) is 0 Å². The molecule has 2 unspecified atom stereocenters. The molecule has 1 aliphatic carbocycles. The number of nitrogens with zero attached hydrogens (tertiary/aromatic N) is 2. The maximum atomic E-state index is 12.3.